The molecule has 27 heavy (non-hydrogen) atoms. The van der Waals surface area contributed by atoms with Crippen LogP contribution in [0.3, 0.4) is 0 Å². The van der Waals surface area contributed by atoms with E-state index in [0.717, 1.165) is 17.5 Å². The number of primary amides is 1. The first kappa shape index (κ1) is 18.5. The zero-order chi connectivity index (χ0) is 19.6. The molecule has 6 heteroatoms. The van der Waals surface area contributed by atoms with E-state index in [-0.39, 0.29) is 17.0 Å². The van der Waals surface area contributed by atoms with Crippen LogP contribution < -0.4 is 11.1 Å². The van der Waals surface area contributed by atoms with Crippen molar-refractivity contribution in [3.8, 4) is 0 Å². The van der Waals surface area contributed by atoms with E-state index in [2.05, 4.69) is 15.5 Å². The summed E-state index contributed by atoms with van der Waals surface area (Å²) in [6, 6.07) is 14.7. The average molecular weight is 362 g/mol. The average Bonchev–Trinajstić information content (AvgIpc) is 2.60. The molecule has 2 aromatic rings. The zero-order valence-corrected chi connectivity index (χ0v) is 15.6. The minimum Gasteiger partial charge on any atom is -0.377 e. The fraction of sp³-hybridized carbons (Fsp3) is 0.238. The van der Waals surface area contributed by atoms with Crippen LogP contribution in [-0.2, 0) is 11.2 Å². The first-order chi connectivity index (χ1) is 12.8. The van der Waals surface area contributed by atoms with Crippen molar-refractivity contribution in [3.63, 3.8) is 0 Å². The number of nitrogens with one attached hydrogen (secondary N) is 1. The Morgan fingerprint density at radius 3 is 2.44 bits per heavy atom. The maximum absolute atomic E-state index is 12.2. The molecule has 6 nitrogen and oxygen atoms in total. The van der Waals surface area contributed by atoms with Crippen molar-refractivity contribution < 1.29 is 9.59 Å². The van der Waals surface area contributed by atoms with Crippen molar-refractivity contribution in [2.24, 2.45) is 16.0 Å². The molecule has 0 aromatic heterocycles. The maximum atomic E-state index is 12.2. The second kappa shape index (κ2) is 7.15. The van der Waals surface area contributed by atoms with E-state index in [1.807, 2.05) is 38.1 Å². The Morgan fingerprint density at radius 1 is 1.07 bits per heavy atom. The summed E-state index contributed by atoms with van der Waals surface area (Å²) < 4.78 is 0. The standard InChI is InChI=1S/C21H22N4O2/c1-13(26)15-9-6-7-11-17(15)24-25-19(20(22)27)18-16-10-5-4-8-14(16)12-21(2,3)23-18/h4-11,23H,12H2,1-3H3,(H2,22,27). The number of azo groups is 1. The number of hydrogen-bond donors (Lipinski definition) is 2. The highest BCUT2D eigenvalue weighted by Crippen LogP contribution is 2.32. The highest BCUT2D eigenvalue weighted by molar-refractivity contribution is 6.00. The highest BCUT2D eigenvalue weighted by atomic mass is 16.1. The molecule has 3 N–H and O–H groups in total. The van der Waals surface area contributed by atoms with Gasteiger partial charge in [0.1, 0.15) is 0 Å². The van der Waals surface area contributed by atoms with Gasteiger partial charge in [-0.3, -0.25) is 9.59 Å². The molecule has 0 atom stereocenters. The summed E-state index contributed by atoms with van der Waals surface area (Å²) in [5.74, 6) is -0.811. The monoisotopic (exact) mass is 362 g/mol. The normalized spacial score (nSPS) is 17.1. The first-order valence-corrected chi connectivity index (χ1v) is 8.71. The van der Waals surface area contributed by atoms with Gasteiger partial charge >= 0.3 is 0 Å². The van der Waals surface area contributed by atoms with Crippen LogP contribution in [0.4, 0.5) is 5.69 Å². The quantitative estimate of drug-likeness (QED) is 0.492. The zero-order valence-electron chi connectivity index (χ0n) is 15.6. The molecule has 1 aliphatic heterocycles. The summed E-state index contributed by atoms with van der Waals surface area (Å²) >= 11 is 0. The first-order valence-electron chi connectivity index (χ1n) is 8.71. The van der Waals surface area contributed by atoms with Gasteiger partial charge in [0.2, 0.25) is 0 Å². The number of amides is 1. The molecule has 0 radical (unpaired) electrons. The number of benzene rings is 2. The number of fused-ring (bicyclic) bond motifs is 1. The fourth-order valence-corrected chi connectivity index (χ4v) is 3.22. The molecule has 0 bridgehead atoms. The number of nitrogens with two attached hydrogens (primary N) is 1. The number of carbonyl (C=O) groups is 2. The Balaban J connectivity index is 2.14. The van der Waals surface area contributed by atoms with Gasteiger partial charge in [0.25, 0.3) is 5.91 Å². The molecular formula is C21H22N4O2. The molecule has 0 saturated carbocycles. The largest absolute Gasteiger partial charge is 0.377 e. The molecule has 1 aliphatic rings. The molecule has 0 unspecified atom stereocenters. The summed E-state index contributed by atoms with van der Waals surface area (Å²) in [6.45, 7) is 5.55. The van der Waals surface area contributed by atoms with Crippen LogP contribution in [0.1, 0.15) is 42.3 Å². The second-order valence-corrected chi connectivity index (χ2v) is 7.20. The SMILES string of the molecule is CC(=O)c1ccccc1N=NC(C(N)=O)=C1NC(C)(C)Cc2ccccc21. The van der Waals surface area contributed by atoms with E-state index in [1.54, 1.807) is 24.3 Å². The fourth-order valence-electron chi connectivity index (χ4n) is 3.22. The molecule has 0 spiro atoms. The van der Waals surface area contributed by atoms with Gasteiger partial charge in [0, 0.05) is 16.7 Å². The van der Waals surface area contributed by atoms with Crippen LogP contribution in [-0.4, -0.2) is 17.2 Å². The minimum atomic E-state index is -0.686. The molecule has 0 saturated heterocycles. The Labute approximate surface area is 158 Å². The van der Waals surface area contributed by atoms with Crippen molar-refractivity contribution in [1.82, 2.24) is 5.32 Å². The summed E-state index contributed by atoms with van der Waals surface area (Å²) in [6.07, 6.45) is 0.809. The van der Waals surface area contributed by atoms with Crippen LogP contribution in [0.15, 0.2) is 64.5 Å². The maximum Gasteiger partial charge on any atom is 0.271 e. The molecule has 0 aliphatic carbocycles. The molecule has 0 fully saturated rings. The van der Waals surface area contributed by atoms with Crippen molar-refractivity contribution in [2.45, 2.75) is 32.7 Å². The van der Waals surface area contributed by atoms with Gasteiger partial charge in [-0.15, -0.1) is 10.2 Å². The summed E-state index contributed by atoms with van der Waals surface area (Å²) in [5, 5.41) is 11.7. The molecular weight excluding hydrogens is 340 g/mol. The van der Waals surface area contributed by atoms with Gasteiger partial charge in [-0.2, -0.15) is 0 Å². The summed E-state index contributed by atoms with van der Waals surface area (Å²) in [4.78, 5) is 23.9. The number of nitrogens with zero attached hydrogens (tertiary/aromatic N) is 2. The van der Waals surface area contributed by atoms with Gasteiger partial charge in [0.05, 0.1) is 11.4 Å². The molecule has 2 aromatic carbocycles. The lowest BCUT2D eigenvalue weighted by Crippen LogP contribution is -2.44. The lowest BCUT2D eigenvalue weighted by Gasteiger charge is -2.35. The Kier molecular flexibility index (Phi) is 4.90. The van der Waals surface area contributed by atoms with E-state index in [4.69, 9.17) is 5.73 Å². The van der Waals surface area contributed by atoms with Crippen LogP contribution in [0.2, 0.25) is 0 Å². The van der Waals surface area contributed by atoms with Gasteiger partial charge < -0.3 is 11.1 Å². The Morgan fingerprint density at radius 2 is 1.74 bits per heavy atom. The van der Waals surface area contributed by atoms with E-state index >= 15 is 0 Å². The Bertz CT molecular complexity index is 974. The van der Waals surface area contributed by atoms with Gasteiger partial charge in [0.15, 0.2) is 11.5 Å². The van der Waals surface area contributed by atoms with Crippen molar-refractivity contribution in [1.29, 1.82) is 0 Å². The van der Waals surface area contributed by atoms with E-state index in [1.165, 1.54) is 6.92 Å². The van der Waals surface area contributed by atoms with E-state index in [9.17, 15) is 9.59 Å². The van der Waals surface area contributed by atoms with E-state index in [0.29, 0.717) is 16.9 Å². The summed E-state index contributed by atoms with van der Waals surface area (Å²) in [5.41, 5.74) is 8.76. The van der Waals surface area contributed by atoms with Crippen molar-refractivity contribution in [3.05, 3.63) is 70.9 Å². The summed E-state index contributed by atoms with van der Waals surface area (Å²) in [7, 11) is 0. The topological polar surface area (TPSA) is 96.9 Å². The van der Waals surface area contributed by atoms with Crippen LogP contribution >= 0.6 is 0 Å². The van der Waals surface area contributed by atoms with Gasteiger partial charge in [-0.1, -0.05) is 36.4 Å². The minimum absolute atomic E-state index is 0.0357. The van der Waals surface area contributed by atoms with Crippen molar-refractivity contribution in [2.75, 3.05) is 0 Å². The van der Waals surface area contributed by atoms with Crippen LogP contribution in [0.5, 0.6) is 0 Å². The molecule has 1 heterocycles. The highest BCUT2D eigenvalue weighted by Gasteiger charge is 2.30. The molecule has 1 amide bonds. The lowest BCUT2D eigenvalue weighted by atomic mass is 9.85. The third-order valence-electron chi connectivity index (χ3n) is 4.39. The number of rotatable bonds is 4. The third kappa shape index (κ3) is 3.95. The third-order valence-corrected chi connectivity index (χ3v) is 4.39. The molecule has 3 rings (SSSR count). The van der Waals surface area contributed by atoms with Crippen LogP contribution in [0.25, 0.3) is 5.70 Å². The number of ketones is 1. The number of carbonyl (C=O) groups excluding carboxylic acids is 2. The van der Waals surface area contributed by atoms with Crippen molar-refractivity contribution >= 4 is 23.1 Å². The second-order valence-electron chi connectivity index (χ2n) is 7.20. The number of hydrogen-bond acceptors (Lipinski definition) is 5. The van der Waals surface area contributed by atoms with Crippen LogP contribution in [0, 0.1) is 0 Å². The lowest BCUT2D eigenvalue weighted by molar-refractivity contribution is -0.114. The van der Waals surface area contributed by atoms with Gasteiger partial charge in [-0.25, -0.2) is 0 Å². The number of Topliss-reactive ketones (excluding diaryl/α,β-unsaturated/α-hetero) is 1. The predicted octanol–water partition coefficient (Wildman–Crippen LogP) is 3.75. The van der Waals surface area contributed by atoms with E-state index < -0.39 is 5.91 Å². The van der Waals surface area contributed by atoms with Gasteiger partial charge in [-0.05, 0) is 44.9 Å². The smallest absolute Gasteiger partial charge is 0.271 e. The Hall–Kier alpha value is -3.28. The predicted molar refractivity (Wildman–Crippen MR) is 104 cm³/mol. The molecule has 138 valence electrons.